The van der Waals surface area contributed by atoms with Gasteiger partial charge in [0.2, 0.25) is 0 Å². The van der Waals surface area contributed by atoms with E-state index >= 15 is 0 Å². The number of carbonyl (C=O) groups excluding carboxylic acids is 1. The van der Waals surface area contributed by atoms with E-state index < -0.39 is 10.9 Å². The molecule has 1 aliphatic rings. The van der Waals surface area contributed by atoms with Crippen LogP contribution >= 0.6 is 22.5 Å². The summed E-state index contributed by atoms with van der Waals surface area (Å²) in [5.74, 6) is -0.165. The molecule has 0 spiro atoms. The molecule has 0 radical (unpaired) electrons. The van der Waals surface area contributed by atoms with Crippen LogP contribution in [0, 0.1) is 6.92 Å². The Morgan fingerprint density at radius 1 is 1.26 bits per heavy atom. The molecular weight excluding hydrogens is 332 g/mol. The molecular formula is C17H15ClN2O2S. The molecule has 0 N–H and O–H groups in total. The van der Waals surface area contributed by atoms with Crippen LogP contribution < -0.4 is 5.56 Å². The summed E-state index contributed by atoms with van der Waals surface area (Å²) < 4.78 is 1.27. The van der Waals surface area contributed by atoms with Gasteiger partial charge in [-0.1, -0.05) is 29.8 Å². The van der Waals surface area contributed by atoms with Crippen LogP contribution in [0.3, 0.4) is 0 Å². The number of benzene rings is 1. The quantitative estimate of drug-likeness (QED) is 0.679. The highest BCUT2D eigenvalue weighted by Crippen LogP contribution is 2.42. The minimum atomic E-state index is -0.857. The summed E-state index contributed by atoms with van der Waals surface area (Å²) in [4.78, 5) is 25.5. The molecule has 4 nitrogen and oxygen atoms in total. The molecule has 2 aromatic rings. The van der Waals surface area contributed by atoms with E-state index in [9.17, 15) is 9.59 Å². The number of thiol groups is 1. The van der Waals surface area contributed by atoms with E-state index in [1.165, 1.54) is 11.6 Å². The summed E-state index contributed by atoms with van der Waals surface area (Å²) >= 11 is 6.02. The third-order valence-electron chi connectivity index (χ3n) is 3.55. The lowest BCUT2D eigenvalue weighted by Crippen LogP contribution is -2.27. The van der Waals surface area contributed by atoms with Crippen LogP contribution in [0.15, 0.2) is 56.9 Å². The van der Waals surface area contributed by atoms with Crippen molar-refractivity contribution in [3.63, 3.8) is 0 Å². The molecule has 0 fully saturated rings. The number of rotatable bonds is 3. The van der Waals surface area contributed by atoms with E-state index in [0.29, 0.717) is 26.9 Å². The summed E-state index contributed by atoms with van der Waals surface area (Å²) in [5.41, 5.74) is 1.31. The Bertz CT molecular complexity index is 903. The summed E-state index contributed by atoms with van der Waals surface area (Å²) in [7, 11) is -0.857. The first-order valence-electron chi connectivity index (χ1n) is 7.03. The Balaban J connectivity index is 2.32. The number of halogens is 1. The van der Waals surface area contributed by atoms with E-state index in [0.717, 1.165) is 0 Å². The van der Waals surface area contributed by atoms with Crippen molar-refractivity contribution in [1.82, 2.24) is 9.78 Å². The maximum absolute atomic E-state index is 13.0. The molecule has 2 heterocycles. The van der Waals surface area contributed by atoms with E-state index in [4.69, 9.17) is 11.6 Å². The van der Waals surface area contributed by atoms with Crippen LogP contribution in [-0.2, 0) is 0 Å². The van der Waals surface area contributed by atoms with Gasteiger partial charge in [0.1, 0.15) is 5.69 Å². The van der Waals surface area contributed by atoms with Gasteiger partial charge < -0.3 is 0 Å². The predicted octanol–water partition coefficient (Wildman–Crippen LogP) is 3.80. The van der Waals surface area contributed by atoms with Gasteiger partial charge in [-0.05, 0) is 41.5 Å². The fraction of sp³-hybridized carbons (Fsp3) is 0.118. The number of Topliss-reactive ketones (excluding diaryl/α,β-unsaturated/α-hetero) is 1. The highest BCUT2D eigenvalue weighted by molar-refractivity contribution is 8.22. The third kappa shape index (κ3) is 2.90. The Kier molecular flexibility index (Phi) is 4.24. The molecule has 3 rings (SSSR count). The van der Waals surface area contributed by atoms with Gasteiger partial charge in [0.25, 0.3) is 5.56 Å². The van der Waals surface area contributed by atoms with Gasteiger partial charge >= 0.3 is 0 Å². The molecule has 0 amide bonds. The molecule has 1 aromatic carbocycles. The number of allylic oxidation sites excluding steroid dienone is 2. The zero-order valence-electron chi connectivity index (χ0n) is 12.7. The zero-order valence-corrected chi connectivity index (χ0v) is 14.3. The predicted molar refractivity (Wildman–Crippen MR) is 95.1 cm³/mol. The van der Waals surface area contributed by atoms with Crippen LogP contribution in [0.4, 0.5) is 0 Å². The van der Waals surface area contributed by atoms with Crippen LogP contribution in [0.2, 0.25) is 5.02 Å². The van der Waals surface area contributed by atoms with Crippen molar-refractivity contribution in [3.8, 4) is 5.69 Å². The van der Waals surface area contributed by atoms with Crippen molar-refractivity contribution in [3.05, 3.63) is 73.9 Å². The van der Waals surface area contributed by atoms with E-state index in [1.54, 1.807) is 31.2 Å². The number of aromatic nitrogens is 2. The summed E-state index contributed by atoms with van der Waals surface area (Å²) in [6.45, 7) is 3.24. The van der Waals surface area contributed by atoms with Crippen LogP contribution in [0.25, 0.3) is 5.69 Å². The average molecular weight is 347 g/mol. The fourth-order valence-corrected chi connectivity index (χ4v) is 4.46. The summed E-state index contributed by atoms with van der Waals surface area (Å²) in [6, 6.07) is 6.88. The Morgan fingerprint density at radius 2 is 1.96 bits per heavy atom. The number of carbonyl (C=O) groups is 1. The first-order chi connectivity index (χ1) is 11.0. The van der Waals surface area contributed by atoms with Crippen LogP contribution in [0.1, 0.15) is 23.0 Å². The molecule has 0 bridgehead atoms. The molecule has 0 atom stereocenters. The molecule has 6 heteroatoms. The van der Waals surface area contributed by atoms with E-state index in [-0.39, 0.29) is 11.3 Å². The number of hydrogen-bond donors (Lipinski definition) is 1. The maximum atomic E-state index is 13.0. The monoisotopic (exact) mass is 346 g/mol. The third-order valence-corrected chi connectivity index (χ3v) is 5.82. The maximum Gasteiger partial charge on any atom is 0.284 e. The Labute approximate surface area is 141 Å². The second-order valence-corrected chi connectivity index (χ2v) is 7.46. The normalized spacial score (nSPS) is 14.5. The van der Waals surface area contributed by atoms with Gasteiger partial charge in [0.05, 0.1) is 10.6 Å². The molecule has 0 aliphatic carbocycles. The zero-order chi connectivity index (χ0) is 16.6. The number of ketones is 1. The van der Waals surface area contributed by atoms with Crippen molar-refractivity contribution < 1.29 is 4.79 Å². The Morgan fingerprint density at radius 3 is 2.57 bits per heavy atom. The van der Waals surface area contributed by atoms with Gasteiger partial charge in [-0.15, -0.1) is 0 Å². The van der Waals surface area contributed by atoms with Gasteiger partial charge in [-0.25, -0.2) is 0 Å². The van der Waals surface area contributed by atoms with E-state index in [1.807, 2.05) is 23.0 Å². The fourth-order valence-electron chi connectivity index (χ4n) is 2.50. The minimum Gasteiger partial charge on any atom is -0.293 e. The van der Waals surface area contributed by atoms with Crippen molar-refractivity contribution in [2.75, 3.05) is 0 Å². The SMILES string of the molecule is CC(=O)c1nn(-c2cccc(Cl)c2)c(=O)c([SH]2C=CC=C2)c1C. The first-order valence-corrected chi connectivity index (χ1v) is 8.89. The molecule has 1 aromatic heterocycles. The molecule has 118 valence electrons. The van der Waals surface area contributed by atoms with E-state index in [2.05, 4.69) is 5.10 Å². The van der Waals surface area contributed by atoms with Crippen LogP contribution in [0.5, 0.6) is 0 Å². The topological polar surface area (TPSA) is 52.0 Å². The molecule has 0 saturated carbocycles. The van der Waals surface area contributed by atoms with Crippen molar-refractivity contribution >= 4 is 28.3 Å². The van der Waals surface area contributed by atoms with Crippen molar-refractivity contribution in [1.29, 1.82) is 0 Å². The van der Waals surface area contributed by atoms with Gasteiger partial charge in [0.15, 0.2) is 5.78 Å². The number of hydrogen-bond acceptors (Lipinski definition) is 3. The number of nitrogens with zero attached hydrogens (tertiary/aromatic N) is 2. The second kappa shape index (κ2) is 6.18. The van der Waals surface area contributed by atoms with Gasteiger partial charge in [0, 0.05) is 11.9 Å². The smallest absolute Gasteiger partial charge is 0.284 e. The molecule has 23 heavy (non-hydrogen) atoms. The van der Waals surface area contributed by atoms with Crippen LogP contribution in [-0.4, -0.2) is 15.6 Å². The van der Waals surface area contributed by atoms with Gasteiger partial charge in [-0.2, -0.15) is 20.7 Å². The summed E-state index contributed by atoms with van der Waals surface area (Å²) in [6.07, 6.45) is 3.84. The lowest BCUT2D eigenvalue weighted by Gasteiger charge is -2.17. The molecule has 0 saturated heterocycles. The molecule has 1 aliphatic heterocycles. The first kappa shape index (κ1) is 15.8. The highest BCUT2D eigenvalue weighted by Gasteiger charge is 2.21. The minimum absolute atomic E-state index is 0.165. The highest BCUT2D eigenvalue weighted by atomic mass is 35.5. The second-order valence-electron chi connectivity index (χ2n) is 5.17. The largest absolute Gasteiger partial charge is 0.293 e. The Hall–Kier alpha value is -2.11. The lowest BCUT2D eigenvalue weighted by atomic mass is 10.2. The van der Waals surface area contributed by atoms with Crippen molar-refractivity contribution in [2.24, 2.45) is 0 Å². The van der Waals surface area contributed by atoms with Crippen molar-refractivity contribution in [2.45, 2.75) is 18.7 Å². The standard InChI is InChI=1S/C17H15ClN2O2S/c1-11-15(12(2)21)19-20(14-7-5-6-13(18)10-14)17(22)16(11)23-8-3-4-9-23/h3-10,23H,1-2H3. The lowest BCUT2D eigenvalue weighted by molar-refractivity contribution is 0.101. The summed E-state index contributed by atoms with van der Waals surface area (Å²) in [5, 5.41) is 8.76. The molecule has 0 unspecified atom stereocenters. The van der Waals surface area contributed by atoms with Gasteiger partial charge in [-0.3, -0.25) is 9.59 Å². The average Bonchev–Trinajstić information content (AvgIpc) is 3.01.